The van der Waals surface area contributed by atoms with E-state index < -0.39 is 16.4 Å². The van der Waals surface area contributed by atoms with Gasteiger partial charge < -0.3 is 10.1 Å². The van der Waals surface area contributed by atoms with Crippen molar-refractivity contribution in [3.63, 3.8) is 0 Å². The van der Waals surface area contributed by atoms with Crippen molar-refractivity contribution in [2.75, 3.05) is 5.32 Å². The Kier molecular flexibility index (Phi) is 2.66. The lowest BCUT2D eigenvalue weighted by molar-refractivity contribution is -0.386. The van der Waals surface area contributed by atoms with E-state index in [1.807, 2.05) is 0 Å². The Bertz CT molecular complexity index is 494. The van der Waals surface area contributed by atoms with Gasteiger partial charge in [-0.3, -0.25) is 10.1 Å². The van der Waals surface area contributed by atoms with Gasteiger partial charge in [0.25, 0.3) is 0 Å². The number of fused-ring (bicyclic) bond motifs is 2. The number of rotatable bonds is 3. The fourth-order valence-electron chi connectivity index (χ4n) is 2.81. The van der Waals surface area contributed by atoms with Crippen LogP contribution in [0.5, 0.6) is 0 Å². The van der Waals surface area contributed by atoms with Gasteiger partial charge in [-0.1, -0.05) is 6.07 Å². The monoisotopic (exact) mass is 252 g/mol. The Balaban J connectivity index is 1.84. The number of benzene rings is 1. The second kappa shape index (κ2) is 4.20. The van der Waals surface area contributed by atoms with Gasteiger partial charge in [0, 0.05) is 0 Å². The van der Waals surface area contributed by atoms with Gasteiger partial charge in [0.1, 0.15) is 5.69 Å². The zero-order chi connectivity index (χ0) is 12.7. The highest BCUT2D eigenvalue weighted by molar-refractivity contribution is 5.62. The summed E-state index contributed by atoms with van der Waals surface area (Å²) in [4.78, 5) is 10.2. The molecule has 2 aliphatic heterocycles. The van der Waals surface area contributed by atoms with E-state index in [1.165, 1.54) is 12.1 Å². The molecule has 1 aromatic carbocycles. The zero-order valence-electron chi connectivity index (χ0n) is 9.64. The number of nitrogens with one attached hydrogen (secondary N) is 1. The smallest absolute Gasteiger partial charge is 0.327 e. The van der Waals surface area contributed by atoms with E-state index in [-0.39, 0.29) is 23.9 Å². The van der Waals surface area contributed by atoms with Crippen LogP contribution in [0.2, 0.25) is 0 Å². The first-order valence-corrected chi connectivity index (χ1v) is 6.00. The minimum Gasteiger partial charge on any atom is -0.374 e. The molecule has 2 bridgehead atoms. The Morgan fingerprint density at radius 3 is 2.89 bits per heavy atom. The molecule has 2 saturated heterocycles. The molecule has 2 heterocycles. The number of hydrogen-bond acceptors (Lipinski definition) is 4. The molecule has 1 aromatic rings. The van der Waals surface area contributed by atoms with Crippen molar-refractivity contribution in [1.29, 1.82) is 0 Å². The Labute approximate surface area is 103 Å². The molecule has 96 valence electrons. The zero-order valence-corrected chi connectivity index (χ0v) is 9.64. The SMILES string of the molecule is O=[N+]([O-])c1c(F)cccc1NC1CC2CCC1O2. The van der Waals surface area contributed by atoms with Crippen molar-refractivity contribution in [2.24, 2.45) is 0 Å². The van der Waals surface area contributed by atoms with Crippen LogP contribution in [0.1, 0.15) is 19.3 Å². The molecule has 0 amide bonds. The van der Waals surface area contributed by atoms with Crippen LogP contribution in [0.4, 0.5) is 15.8 Å². The van der Waals surface area contributed by atoms with Crippen LogP contribution in [0.25, 0.3) is 0 Å². The van der Waals surface area contributed by atoms with E-state index in [9.17, 15) is 14.5 Å². The van der Waals surface area contributed by atoms with E-state index in [0.29, 0.717) is 0 Å². The maximum Gasteiger partial charge on any atom is 0.327 e. The molecule has 0 saturated carbocycles. The standard InChI is InChI=1S/C12H13FN2O3/c13-8-2-1-3-9(12(8)15(16)17)14-10-6-7-4-5-11(10)18-7/h1-3,7,10-11,14H,4-6H2. The Morgan fingerprint density at radius 2 is 2.28 bits per heavy atom. The molecule has 18 heavy (non-hydrogen) atoms. The van der Waals surface area contributed by atoms with Gasteiger partial charge in [0.2, 0.25) is 5.82 Å². The summed E-state index contributed by atoms with van der Waals surface area (Å²) in [7, 11) is 0. The van der Waals surface area contributed by atoms with E-state index in [2.05, 4.69) is 5.32 Å². The summed E-state index contributed by atoms with van der Waals surface area (Å²) in [6.07, 6.45) is 3.19. The van der Waals surface area contributed by atoms with Crippen LogP contribution in [-0.2, 0) is 4.74 Å². The molecular formula is C12H13FN2O3. The molecule has 6 heteroatoms. The summed E-state index contributed by atoms with van der Waals surface area (Å²) >= 11 is 0. The summed E-state index contributed by atoms with van der Waals surface area (Å²) in [5, 5.41) is 13.9. The first-order chi connectivity index (χ1) is 8.65. The molecule has 3 unspecified atom stereocenters. The molecule has 2 aliphatic rings. The molecule has 3 rings (SSSR count). The van der Waals surface area contributed by atoms with Crippen molar-refractivity contribution >= 4 is 11.4 Å². The van der Waals surface area contributed by atoms with Crippen molar-refractivity contribution in [2.45, 2.75) is 37.5 Å². The van der Waals surface area contributed by atoms with Crippen molar-refractivity contribution in [1.82, 2.24) is 0 Å². The third-order valence-corrected chi connectivity index (χ3v) is 3.62. The van der Waals surface area contributed by atoms with Gasteiger partial charge in [-0.15, -0.1) is 0 Å². The largest absolute Gasteiger partial charge is 0.374 e. The third-order valence-electron chi connectivity index (χ3n) is 3.62. The van der Waals surface area contributed by atoms with Gasteiger partial charge >= 0.3 is 5.69 Å². The van der Waals surface area contributed by atoms with Gasteiger partial charge in [0.15, 0.2) is 0 Å². The Hall–Kier alpha value is -1.69. The minimum atomic E-state index is -0.811. The third kappa shape index (κ3) is 1.82. The van der Waals surface area contributed by atoms with E-state index >= 15 is 0 Å². The average molecular weight is 252 g/mol. The number of nitro groups is 1. The average Bonchev–Trinajstić information content (AvgIpc) is 2.90. The highest BCUT2D eigenvalue weighted by Crippen LogP contribution is 2.37. The van der Waals surface area contributed by atoms with Crippen molar-refractivity contribution < 1.29 is 14.1 Å². The number of para-hydroxylation sites is 1. The normalized spacial score (nSPS) is 29.5. The van der Waals surface area contributed by atoms with Gasteiger partial charge in [-0.2, -0.15) is 4.39 Å². The van der Waals surface area contributed by atoms with E-state index in [1.54, 1.807) is 0 Å². The van der Waals surface area contributed by atoms with E-state index in [4.69, 9.17) is 4.74 Å². The highest BCUT2D eigenvalue weighted by Gasteiger charge is 2.41. The van der Waals surface area contributed by atoms with E-state index in [0.717, 1.165) is 25.3 Å². The fraction of sp³-hybridized carbons (Fsp3) is 0.500. The number of anilines is 1. The second-order valence-corrected chi connectivity index (χ2v) is 4.75. The second-order valence-electron chi connectivity index (χ2n) is 4.75. The molecule has 0 aromatic heterocycles. The highest BCUT2D eigenvalue weighted by atomic mass is 19.1. The number of nitrogens with zero attached hydrogens (tertiary/aromatic N) is 1. The summed E-state index contributed by atoms with van der Waals surface area (Å²) in [5.41, 5.74) is -0.249. The van der Waals surface area contributed by atoms with Crippen LogP contribution in [-0.4, -0.2) is 23.2 Å². The Morgan fingerprint density at radius 1 is 1.44 bits per heavy atom. The van der Waals surface area contributed by atoms with Crippen LogP contribution in [0, 0.1) is 15.9 Å². The molecular weight excluding hydrogens is 239 g/mol. The maximum absolute atomic E-state index is 13.4. The molecule has 2 fully saturated rings. The van der Waals surface area contributed by atoms with Gasteiger partial charge in [-0.25, -0.2) is 0 Å². The molecule has 0 spiro atoms. The number of hydrogen-bond donors (Lipinski definition) is 1. The first kappa shape index (κ1) is 11.4. The fourth-order valence-corrected chi connectivity index (χ4v) is 2.81. The summed E-state index contributed by atoms with van der Waals surface area (Å²) < 4.78 is 19.1. The van der Waals surface area contributed by atoms with Gasteiger partial charge in [0.05, 0.1) is 23.2 Å². The topological polar surface area (TPSA) is 64.4 Å². The van der Waals surface area contributed by atoms with Crippen molar-refractivity contribution in [3.05, 3.63) is 34.1 Å². The summed E-state index contributed by atoms with van der Waals surface area (Å²) in [5.74, 6) is -0.811. The van der Waals surface area contributed by atoms with Crippen LogP contribution in [0.3, 0.4) is 0 Å². The van der Waals surface area contributed by atoms with Crippen molar-refractivity contribution in [3.8, 4) is 0 Å². The molecule has 3 atom stereocenters. The lowest BCUT2D eigenvalue weighted by Gasteiger charge is -2.21. The minimum absolute atomic E-state index is 0.0456. The summed E-state index contributed by atoms with van der Waals surface area (Å²) in [6, 6.07) is 4.15. The van der Waals surface area contributed by atoms with Crippen LogP contribution < -0.4 is 5.32 Å². The van der Waals surface area contributed by atoms with Crippen LogP contribution >= 0.6 is 0 Å². The summed E-state index contributed by atoms with van der Waals surface area (Å²) in [6.45, 7) is 0. The number of halogens is 1. The number of ether oxygens (including phenoxy) is 1. The predicted molar refractivity (Wildman–Crippen MR) is 63.0 cm³/mol. The predicted octanol–water partition coefficient (Wildman–Crippen LogP) is 2.47. The quantitative estimate of drug-likeness (QED) is 0.663. The molecule has 5 nitrogen and oxygen atoms in total. The van der Waals surface area contributed by atoms with Gasteiger partial charge in [-0.05, 0) is 31.4 Å². The maximum atomic E-state index is 13.4. The van der Waals surface area contributed by atoms with Crippen LogP contribution in [0.15, 0.2) is 18.2 Å². The molecule has 0 radical (unpaired) electrons. The lowest BCUT2D eigenvalue weighted by Crippen LogP contribution is -2.30. The lowest BCUT2D eigenvalue weighted by atomic mass is 9.95. The molecule has 1 N–H and O–H groups in total. The number of nitro benzene ring substituents is 1. The molecule has 0 aliphatic carbocycles. The first-order valence-electron chi connectivity index (χ1n) is 6.00.